The Hall–Kier alpha value is -1.51. The van der Waals surface area contributed by atoms with E-state index in [1.807, 2.05) is 25.1 Å². The van der Waals surface area contributed by atoms with Gasteiger partial charge in [0, 0.05) is 29.5 Å². The molecule has 0 aliphatic rings. The van der Waals surface area contributed by atoms with Crippen LogP contribution in [0.5, 0.6) is 0 Å². The van der Waals surface area contributed by atoms with Crippen LogP contribution in [-0.4, -0.2) is 13.1 Å². The summed E-state index contributed by atoms with van der Waals surface area (Å²) in [5.74, 6) is 0. The fourth-order valence-corrected chi connectivity index (χ4v) is 2.59. The van der Waals surface area contributed by atoms with Gasteiger partial charge in [0.1, 0.15) is 0 Å². The lowest BCUT2D eigenvalue weighted by Crippen LogP contribution is -2.18. The number of benzene rings is 2. The van der Waals surface area contributed by atoms with E-state index in [2.05, 4.69) is 43.1 Å². The lowest BCUT2D eigenvalue weighted by Gasteiger charge is -2.22. The summed E-state index contributed by atoms with van der Waals surface area (Å²) in [6.07, 6.45) is 0.799. The van der Waals surface area contributed by atoms with Crippen LogP contribution in [0, 0.1) is 6.92 Å². The van der Waals surface area contributed by atoms with Crippen molar-refractivity contribution in [3.63, 3.8) is 0 Å². The van der Waals surface area contributed by atoms with Crippen LogP contribution < -0.4 is 10.6 Å². The average Bonchev–Trinajstić information content (AvgIpc) is 2.40. The number of anilines is 2. The van der Waals surface area contributed by atoms with Gasteiger partial charge in [0.05, 0.1) is 0 Å². The van der Waals surface area contributed by atoms with E-state index < -0.39 is 0 Å². The summed E-state index contributed by atoms with van der Waals surface area (Å²) in [6, 6.07) is 14.6. The minimum atomic E-state index is 0.118. The van der Waals surface area contributed by atoms with Gasteiger partial charge in [-0.25, -0.2) is 0 Å². The van der Waals surface area contributed by atoms with Crippen LogP contribution in [0.4, 0.5) is 11.4 Å². The Morgan fingerprint density at radius 1 is 1.20 bits per heavy atom. The zero-order chi connectivity index (χ0) is 14.7. The molecule has 0 fully saturated rings. The van der Waals surface area contributed by atoms with Crippen molar-refractivity contribution >= 4 is 23.0 Å². The highest BCUT2D eigenvalue weighted by molar-refractivity contribution is 6.31. The maximum absolute atomic E-state index is 6.36. The molecule has 2 N–H and O–H groups in total. The van der Waals surface area contributed by atoms with E-state index in [4.69, 9.17) is 17.3 Å². The monoisotopic (exact) mass is 288 g/mol. The highest BCUT2D eigenvalue weighted by atomic mass is 35.5. The number of para-hydroxylation sites is 1. The third-order valence-corrected chi connectivity index (χ3v) is 3.79. The van der Waals surface area contributed by atoms with Crippen LogP contribution in [0.1, 0.15) is 18.1 Å². The van der Waals surface area contributed by atoms with Gasteiger partial charge in [0.25, 0.3) is 0 Å². The molecule has 0 saturated heterocycles. The van der Waals surface area contributed by atoms with Crippen molar-refractivity contribution in [2.45, 2.75) is 26.3 Å². The quantitative estimate of drug-likeness (QED) is 0.908. The van der Waals surface area contributed by atoms with Gasteiger partial charge < -0.3 is 10.6 Å². The van der Waals surface area contributed by atoms with Gasteiger partial charge in [-0.2, -0.15) is 0 Å². The standard InChI is InChI=1S/C17H21ClN2/c1-12-6-4-5-7-17(12)20(3)15-9-8-14(10-13(2)19)16(18)11-15/h4-9,11,13H,10,19H2,1-3H3. The Labute approximate surface area is 126 Å². The molecule has 0 aliphatic heterocycles. The Bertz CT molecular complexity index is 593. The van der Waals surface area contributed by atoms with E-state index in [1.165, 1.54) is 11.3 Å². The number of nitrogens with two attached hydrogens (primary N) is 1. The van der Waals surface area contributed by atoms with Crippen molar-refractivity contribution in [1.82, 2.24) is 0 Å². The molecule has 2 aromatic carbocycles. The second-order valence-electron chi connectivity index (χ2n) is 5.30. The normalized spacial score (nSPS) is 12.2. The number of halogens is 1. The van der Waals surface area contributed by atoms with E-state index in [-0.39, 0.29) is 6.04 Å². The molecular weight excluding hydrogens is 268 g/mol. The van der Waals surface area contributed by atoms with Gasteiger partial charge >= 0.3 is 0 Å². The molecule has 0 amide bonds. The van der Waals surface area contributed by atoms with Gasteiger partial charge in [0.15, 0.2) is 0 Å². The smallest absolute Gasteiger partial charge is 0.0459 e. The molecule has 0 bridgehead atoms. The SMILES string of the molecule is Cc1ccccc1N(C)c1ccc(CC(C)N)c(Cl)c1. The molecule has 2 rings (SSSR count). The van der Waals surface area contributed by atoms with E-state index in [1.54, 1.807) is 0 Å². The molecule has 0 saturated carbocycles. The van der Waals surface area contributed by atoms with Crippen LogP contribution in [0.2, 0.25) is 5.02 Å². The zero-order valence-electron chi connectivity index (χ0n) is 12.2. The molecule has 0 spiro atoms. The lowest BCUT2D eigenvalue weighted by molar-refractivity contribution is 0.738. The molecule has 1 atom stereocenters. The van der Waals surface area contributed by atoms with Gasteiger partial charge in [-0.1, -0.05) is 35.9 Å². The summed E-state index contributed by atoms with van der Waals surface area (Å²) in [6.45, 7) is 4.10. The third-order valence-electron chi connectivity index (χ3n) is 3.44. The van der Waals surface area contributed by atoms with E-state index in [9.17, 15) is 0 Å². The molecule has 3 heteroatoms. The van der Waals surface area contributed by atoms with E-state index in [0.717, 1.165) is 22.7 Å². The van der Waals surface area contributed by atoms with Crippen LogP contribution >= 0.6 is 11.6 Å². The largest absolute Gasteiger partial charge is 0.344 e. The first-order valence-corrected chi connectivity index (χ1v) is 7.20. The third kappa shape index (κ3) is 3.33. The first kappa shape index (κ1) is 14.9. The summed E-state index contributed by atoms with van der Waals surface area (Å²) in [4.78, 5) is 2.15. The van der Waals surface area contributed by atoms with E-state index in [0.29, 0.717) is 0 Å². The number of rotatable bonds is 4. The molecule has 106 valence electrons. The topological polar surface area (TPSA) is 29.3 Å². The predicted octanol–water partition coefficient (Wildman–Crippen LogP) is 4.31. The average molecular weight is 289 g/mol. The maximum Gasteiger partial charge on any atom is 0.0459 e. The Morgan fingerprint density at radius 2 is 1.90 bits per heavy atom. The summed E-state index contributed by atoms with van der Waals surface area (Å²) < 4.78 is 0. The fourth-order valence-electron chi connectivity index (χ4n) is 2.34. The lowest BCUT2D eigenvalue weighted by atomic mass is 10.1. The first-order valence-electron chi connectivity index (χ1n) is 6.82. The Kier molecular flexibility index (Phi) is 4.69. The molecule has 20 heavy (non-hydrogen) atoms. The molecule has 0 aromatic heterocycles. The number of hydrogen-bond acceptors (Lipinski definition) is 2. The van der Waals surface area contributed by atoms with Crippen molar-refractivity contribution < 1.29 is 0 Å². The molecule has 0 aliphatic carbocycles. The number of hydrogen-bond donors (Lipinski definition) is 1. The Balaban J connectivity index is 2.30. The van der Waals surface area contributed by atoms with Gasteiger partial charge in [0.2, 0.25) is 0 Å². The van der Waals surface area contributed by atoms with Gasteiger partial charge in [-0.05, 0) is 49.6 Å². The first-order chi connectivity index (χ1) is 9.49. The van der Waals surface area contributed by atoms with E-state index >= 15 is 0 Å². The predicted molar refractivity (Wildman–Crippen MR) is 88.0 cm³/mol. The summed E-state index contributed by atoms with van der Waals surface area (Å²) in [5, 5.41) is 0.778. The van der Waals surface area contributed by atoms with Crippen LogP contribution in [0.3, 0.4) is 0 Å². The molecular formula is C17H21ClN2. The second kappa shape index (κ2) is 6.29. The fraction of sp³-hybridized carbons (Fsp3) is 0.294. The summed E-state index contributed by atoms with van der Waals surface area (Å²) in [5.41, 5.74) is 10.4. The molecule has 0 heterocycles. The van der Waals surface area contributed by atoms with Crippen LogP contribution in [-0.2, 0) is 6.42 Å². The van der Waals surface area contributed by atoms with Crippen molar-refractivity contribution in [3.8, 4) is 0 Å². The van der Waals surface area contributed by atoms with Crippen LogP contribution in [0.25, 0.3) is 0 Å². The minimum Gasteiger partial charge on any atom is -0.344 e. The van der Waals surface area contributed by atoms with Crippen LogP contribution in [0.15, 0.2) is 42.5 Å². The van der Waals surface area contributed by atoms with Gasteiger partial charge in [-0.15, -0.1) is 0 Å². The number of aryl methyl sites for hydroxylation is 1. The maximum atomic E-state index is 6.36. The highest BCUT2D eigenvalue weighted by Crippen LogP contribution is 2.30. The summed E-state index contributed by atoms with van der Waals surface area (Å²) in [7, 11) is 2.05. The molecule has 2 nitrogen and oxygen atoms in total. The molecule has 2 aromatic rings. The van der Waals surface area contributed by atoms with Crippen molar-refractivity contribution in [2.75, 3.05) is 11.9 Å². The van der Waals surface area contributed by atoms with Crippen molar-refractivity contribution in [3.05, 3.63) is 58.6 Å². The minimum absolute atomic E-state index is 0.118. The molecule has 1 unspecified atom stereocenters. The van der Waals surface area contributed by atoms with Gasteiger partial charge in [-0.3, -0.25) is 0 Å². The Morgan fingerprint density at radius 3 is 2.50 bits per heavy atom. The van der Waals surface area contributed by atoms with Crippen molar-refractivity contribution in [1.29, 1.82) is 0 Å². The zero-order valence-corrected chi connectivity index (χ0v) is 13.0. The van der Waals surface area contributed by atoms with Crippen molar-refractivity contribution in [2.24, 2.45) is 5.73 Å². The highest BCUT2D eigenvalue weighted by Gasteiger charge is 2.09. The second-order valence-corrected chi connectivity index (χ2v) is 5.71. The summed E-state index contributed by atoms with van der Waals surface area (Å²) >= 11 is 6.36. The number of nitrogens with zero attached hydrogens (tertiary/aromatic N) is 1. The molecule has 0 radical (unpaired) electrons.